The summed E-state index contributed by atoms with van der Waals surface area (Å²) >= 11 is 0. The molecule has 0 N–H and O–H groups in total. The van der Waals surface area contributed by atoms with Gasteiger partial charge in [0, 0.05) is 23.1 Å². The van der Waals surface area contributed by atoms with Gasteiger partial charge in [0.2, 0.25) is 5.89 Å². The lowest BCUT2D eigenvalue weighted by Gasteiger charge is -2.55. The first-order chi connectivity index (χ1) is 11.0. The van der Waals surface area contributed by atoms with E-state index in [2.05, 4.69) is 0 Å². The van der Waals surface area contributed by atoms with Crippen LogP contribution in [0.3, 0.4) is 0 Å². The Morgan fingerprint density at radius 2 is 1.78 bits per heavy atom. The van der Waals surface area contributed by atoms with Crippen molar-refractivity contribution in [1.29, 1.82) is 0 Å². The van der Waals surface area contributed by atoms with E-state index < -0.39 is 0 Å². The molecule has 4 saturated carbocycles. The highest BCUT2D eigenvalue weighted by atomic mass is 16.6. The van der Waals surface area contributed by atoms with Gasteiger partial charge in [-0.15, -0.1) is 0 Å². The standard InChI is InChI=1S/C18H20N2O3/c1-10-2-14(20(21)22)6-15-16(10)23-17(19-15)18-7-11-3-12(8-18)5-13(4-11)9-18/h2,6,11-13H,3-5,7-9H2,1H3. The molecule has 1 heterocycles. The average Bonchev–Trinajstić information content (AvgIpc) is 2.91. The van der Waals surface area contributed by atoms with Crippen LogP contribution in [0.1, 0.15) is 50.0 Å². The molecule has 6 rings (SSSR count). The molecular formula is C18H20N2O3. The Morgan fingerprint density at radius 3 is 2.35 bits per heavy atom. The normalized spacial score (nSPS) is 35.1. The summed E-state index contributed by atoms with van der Waals surface area (Å²) in [4.78, 5) is 15.5. The predicted octanol–water partition coefficient (Wildman–Crippen LogP) is 4.51. The number of aryl methyl sites for hydroxylation is 1. The van der Waals surface area contributed by atoms with Gasteiger partial charge in [0.25, 0.3) is 5.69 Å². The van der Waals surface area contributed by atoms with Crippen LogP contribution >= 0.6 is 0 Å². The summed E-state index contributed by atoms with van der Waals surface area (Å²) < 4.78 is 6.18. The number of non-ortho nitro benzene ring substituents is 1. The Morgan fingerprint density at radius 1 is 1.17 bits per heavy atom. The average molecular weight is 312 g/mol. The van der Waals surface area contributed by atoms with Gasteiger partial charge in [-0.3, -0.25) is 10.1 Å². The summed E-state index contributed by atoms with van der Waals surface area (Å²) in [5, 5.41) is 11.1. The smallest absolute Gasteiger partial charge is 0.272 e. The van der Waals surface area contributed by atoms with Crippen molar-refractivity contribution in [2.75, 3.05) is 0 Å². The molecule has 0 aliphatic heterocycles. The topological polar surface area (TPSA) is 69.2 Å². The van der Waals surface area contributed by atoms with Crippen LogP contribution in [0.5, 0.6) is 0 Å². The highest BCUT2D eigenvalue weighted by Crippen LogP contribution is 2.60. The molecule has 4 fully saturated rings. The lowest BCUT2D eigenvalue weighted by Crippen LogP contribution is -2.48. The summed E-state index contributed by atoms with van der Waals surface area (Å²) in [5.74, 6) is 3.32. The minimum atomic E-state index is -0.356. The maximum Gasteiger partial charge on any atom is 0.272 e. The van der Waals surface area contributed by atoms with Gasteiger partial charge in [0.05, 0.1) is 4.92 Å². The second-order valence-electron chi connectivity index (χ2n) is 8.08. The predicted molar refractivity (Wildman–Crippen MR) is 85.3 cm³/mol. The number of fused-ring (bicyclic) bond motifs is 1. The van der Waals surface area contributed by atoms with E-state index in [0.29, 0.717) is 5.52 Å². The molecule has 4 aliphatic rings. The summed E-state index contributed by atoms with van der Waals surface area (Å²) in [5.41, 5.74) is 2.36. The maximum atomic E-state index is 11.1. The Hall–Kier alpha value is -1.91. The third kappa shape index (κ3) is 1.88. The number of hydrogen-bond donors (Lipinski definition) is 0. The number of nitro benzene ring substituents is 1. The van der Waals surface area contributed by atoms with E-state index in [9.17, 15) is 10.1 Å². The second-order valence-corrected chi connectivity index (χ2v) is 8.08. The molecule has 0 radical (unpaired) electrons. The fourth-order valence-corrected chi connectivity index (χ4v) is 5.89. The molecule has 4 bridgehead atoms. The van der Waals surface area contributed by atoms with Crippen LogP contribution in [-0.2, 0) is 5.41 Å². The van der Waals surface area contributed by atoms with Crippen molar-refractivity contribution >= 4 is 16.8 Å². The van der Waals surface area contributed by atoms with Gasteiger partial charge in [-0.1, -0.05) is 0 Å². The van der Waals surface area contributed by atoms with Gasteiger partial charge < -0.3 is 4.42 Å². The Kier molecular flexibility index (Phi) is 2.55. The number of nitro groups is 1. The lowest BCUT2D eigenvalue weighted by atomic mass is 9.49. The van der Waals surface area contributed by atoms with Crippen LogP contribution in [0, 0.1) is 34.8 Å². The van der Waals surface area contributed by atoms with Gasteiger partial charge in [-0.05, 0) is 63.2 Å². The molecule has 0 spiro atoms. The second kappa shape index (κ2) is 4.34. The SMILES string of the molecule is Cc1cc([N+](=O)[O-])cc2nc(C34CC5CC(CC(C5)C3)C4)oc12. The van der Waals surface area contributed by atoms with Crippen molar-refractivity contribution in [2.24, 2.45) is 17.8 Å². The Bertz CT molecular complexity index is 788. The molecule has 2 aromatic rings. The zero-order valence-corrected chi connectivity index (χ0v) is 13.2. The van der Waals surface area contributed by atoms with Crippen LogP contribution < -0.4 is 0 Å². The molecule has 23 heavy (non-hydrogen) atoms. The van der Waals surface area contributed by atoms with Gasteiger partial charge in [-0.2, -0.15) is 0 Å². The number of nitrogens with zero attached hydrogens (tertiary/aromatic N) is 2. The van der Waals surface area contributed by atoms with E-state index >= 15 is 0 Å². The largest absolute Gasteiger partial charge is 0.440 e. The molecule has 4 aliphatic carbocycles. The fraction of sp³-hybridized carbons (Fsp3) is 0.611. The molecule has 1 aromatic heterocycles. The minimum absolute atomic E-state index is 0.0923. The zero-order valence-electron chi connectivity index (χ0n) is 13.2. The number of benzene rings is 1. The molecule has 0 unspecified atom stereocenters. The first-order valence-corrected chi connectivity index (χ1v) is 8.58. The summed E-state index contributed by atoms with van der Waals surface area (Å²) in [6.45, 7) is 1.87. The van der Waals surface area contributed by atoms with E-state index in [-0.39, 0.29) is 16.0 Å². The van der Waals surface area contributed by atoms with E-state index in [1.54, 1.807) is 12.1 Å². The molecular weight excluding hydrogens is 292 g/mol. The molecule has 120 valence electrons. The molecule has 5 heteroatoms. The van der Waals surface area contributed by atoms with E-state index in [1.165, 1.54) is 38.5 Å². The van der Waals surface area contributed by atoms with E-state index in [0.717, 1.165) is 34.8 Å². The highest BCUT2D eigenvalue weighted by Gasteiger charge is 2.54. The lowest BCUT2D eigenvalue weighted by molar-refractivity contribution is -0.384. The molecule has 0 atom stereocenters. The first kappa shape index (κ1) is 13.5. The van der Waals surface area contributed by atoms with Crippen LogP contribution in [0.15, 0.2) is 16.5 Å². The number of aromatic nitrogens is 1. The van der Waals surface area contributed by atoms with E-state index in [4.69, 9.17) is 9.40 Å². The first-order valence-electron chi connectivity index (χ1n) is 8.58. The molecule has 1 aromatic carbocycles. The van der Waals surface area contributed by atoms with Crippen molar-refractivity contribution in [3.8, 4) is 0 Å². The monoisotopic (exact) mass is 312 g/mol. The van der Waals surface area contributed by atoms with Crippen LogP contribution in [0.25, 0.3) is 11.1 Å². The number of oxazole rings is 1. The fourth-order valence-electron chi connectivity index (χ4n) is 5.89. The van der Waals surface area contributed by atoms with Crippen LogP contribution in [0.4, 0.5) is 5.69 Å². The number of hydrogen-bond acceptors (Lipinski definition) is 4. The van der Waals surface area contributed by atoms with Crippen LogP contribution in [0.2, 0.25) is 0 Å². The Labute approximate surface area is 134 Å². The van der Waals surface area contributed by atoms with Crippen molar-refractivity contribution < 1.29 is 9.34 Å². The molecule has 5 nitrogen and oxygen atoms in total. The zero-order chi connectivity index (χ0) is 15.8. The third-order valence-electron chi connectivity index (χ3n) is 6.36. The summed E-state index contributed by atoms with van der Waals surface area (Å²) in [7, 11) is 0. The quantitative estimate of drug-likeness (QED) is 0.604. The minimum Gasteiger partial charge on any atom is -0.440 e. The number of rotatable bonds is 2. The highest BCUT2D eigenvalue weighted by molar-refractivity contribution is 5.79. The van der Waals surface area contributed by atoms with Crippen molar-refractivity contribution in [3.05, 3.63) is 33.7 Å². The summed E-state index contributed by atoms with van der Waals surface area (Å²) in [6.07, 6.45) is 7.70. The van der Waals surface area contributed by atoms with Crippen molar-refractivity contribution in [3.63, 3.8) is 0 Å². The van der Waals surface area contributed by atoms with Gasteiger partial charge in [0.15, 0.2) is 5.58 Å². The van der Waals surface area contributed by atoms with Gasteiger partial charge in [-0.25, -0.2) is 4.98 Å². The van der Waals surface area contributed by atoms with Gasteiger partial charge in [0.1, 0.15) is 5.52 Å². The van der Waals surface area contributed by atoms with E-state index in [1.807, 2.05) is 6.92 Å². The molecule has 0 saturated heterocycles. The van der Waals surface area contributed by atoms with Crippen molar-refractivity contribution in [1.82, 2.24) is 4.98 Å². The van der Waals surface area contributed by atoms with Crippen LogP contribution in [-0.4, -0.2) is 9.91 Å². The Balaban J connectivity index is 1.63. The van der Waals surface area contributed by atoms with Crippen molar-refractivity contribution in [2.45, 2.75) is 50.9 Å². The third-order valence-corrected chi connectivity index (χ3v) is 6.36. The molecule has 0 amide bonds. The maximum absolute atomic E-state index is 11.1. The summed E-state index contributed by atoms with van der Waals surface area (Å²) in [6, 6.07) is 3.13. The van der Waals surface area contributed by atoms with Gasteiger partial charge >= 0.3 is 0 Å².